The SMILES string of the molecule is COc1ccc(NC(=O)C2CCN(S(=O)(=O)c3cc(C(N)=O)n(C)c3)CC2)cc1OC. The predicted molar refractivity (Wildman–Crippen MR) is 114 cm³/mol. The Labute approximate surface area is 181 Å². The lowest BCUT2D eigenvalue weighted by Gasteiger charge is -2.30. The Hall–Kier alpha value is -3.05. The van der Waals surface area contributed by atoms with E-state index < -0.39 is 15.9 Å². The highest BCUT2D eigenvalue weighted by molar-refractivity contribution is 7.89. The number of carbonyl (C=O) groups is 2. The number of benzene rings is 1. The molecular formula is C20H26N4O6S. The number of anilines is 1. The van der Waals surface area contributed by atoms with Gasteiger partial charge in [-0.25, -0.2) is 8.42 Å². The van der Waals surface area contributed by atoms with Gasteiger partial charge in [0, 0.05) is 44.0 Å². The summed E-state index contributed by atoms with van der Waals surface area (Å²) in [7, 11) is 0.823. The number of carbonyl (C=O) groups excluding carboxylic acids is 2. The zero-order valence-electron chi connectivity index (χ0n) is 17.6. The summed E-state index contributed by atoms with van der Waals surface area (Å²) in [6.07, 6.45) is 2.13. The number of nitrogens with one attached hydrogen (secondary N) is 1. The maximum absolute atomic E-state index is 12.9. The quantitative estimate of drug-likeness (QED) is 0.651. The van der Waals surface area contributed by atoms with E-state index in [1.165, 1.54) is 35.4 Å². The smallest absolute Gasteiger partial charge is 0.265 e. The second-order valence-electron chi connectivity index (χ2n) is 7.27. The first kappa shape index (κ1) is 22.6. The van der Waals surface area contributed by atoms with E-state index in [2.05, 4.69) is 5.32 Å². The van der Waals surface area contributed by atoms with Crippen LogP contribution in [0.5, 0.6) is 11.5 Å². The Balaban J connectivity index is 1.64. The van der Waals surface area contributed by atoms with Crippen molar-refractivity contribution < 1.29 is 27.5 Å². The van der Waals surface area contributed by atoms with Gasteiger partial charge in [0.25, 0.3) is 5.91 Å². The number of primary amides is 1. The summed E-state index contributed by atoms with van der Waals surface area (Å²) in [4.78, 5) is 24.1. The van der Waals surface area contributed by atoms with E-state index in [4.69, 9.17) is 15.2 Å². The predicted octanol–water partition coefficient (Wildman–Crippen LogP) is 1.18. The first-order valence-corrected chi connectivity index (χ1v) is 11.1. The molecule has 3 rings (SSSR count). The van der Waals surface area contributed by atoms with Crippen LogP contribution in [0, 0.1) is 5.92 Å². The summed E-state index contributed by atoms with van der Waals surface area (Å²) in [6, 6.07) is 6.35. The fourth-order valence-electron chi connectivity index (χ4n) is 3.59. The molecule has 168 valence electrons. The Kier molecular flexibility index (Phi) is 6.56. The third-order valence-electron chi connectivity index (χ3n) is 5.35. The minimum atomic E-state index is -3.78. The molecular weight excluding hydrogens is 424 g/mol. The Morgan fingerprint density at radius 1 is 1.10 bits per heavy atom. The summed E-state index contributed by atoms with van der Waals surface area (Å²) in [5.41, 5.74) is 5.96. The van der Waals surface area contributed by atoms with Gasteiger partial charge in [-0.05, 0) is 31.0 Å². The van der Waals surface area contributed by atoms with E-state index in [1.807, 2.05) is 0 Å². The number of rotatable bonds is 7. The third kappa shape index (κ3) is 4.67. The number of ether oxygens (including phenoxy) is 2. The lowest BCUT2D eigenvalue weighted by molar-refractivity contribution is -0.120. The lowest BCUT2D eigenvalue weighted by atomic mass is 9.97. The van der Waals surface area contributed by atoms with Crippen molar-refractivity contribution in [2.24, 2.45) is 18.7 Å². The van der Waals surface area contributed by atoms with Gasteiger partial charge < -0.3 is 25.1 Å². The summed E-state index contributed by atoms with van der Waals surface area (Å²) in [5.74, 6) is -0.148. The molecule has 10 nitrogen and oxygen atoms in total. The zero-order chi connectivity index (χ0) is 22.8. The number of nitrogens with zero attached hydrogens (tertiary/aromatic N) is 2. The van der Waals surface area contributed by atoms with Gasteiger partial charge in [-0.1, -0.05) is 0 Å². The van der Waals surface area contributed by atoms with Gasteiger partial charge in [-0.2, -0.15) is 4.31 Å². The van der Waals surface area contributed by atoms with Gasteiger partial charge in [0.2, 0.25) is 15.9 Å². The molecule has 1 aliphatic rings. The average molecular weight is 451 g/mol. The summed E-state index contributed by atoms with van der Waals surface area (Å²) in [5, 5.41) is 2.85. The minimum Gasteiger partial charge on any atom is -0.493 e. The van der Waals surface area contributed by atoms with Gasteiger partial charge in [0.15, 0.2) is 11.5 Å². The van der Waals surface area contributed by atoms with Crippen molar-refractivity contribution in [2.75, 3.05) is 32.6 Å². The van der Waals surface area contributed by atoms with Crippen LogP contribution < -0.4 is 20.5 Å². The van der Waals surface area contributed by atoms with Crippen LogP contribution in [0.4, 0.5) is 5.69 Å². The molecule has 0 bridgehead atoms. The van der Waals surface area contributed by atoms with Crippen LogP contribution in [0.3, 0.4) is 0 Å². The highest BCUT2D eigenvalue weighted by Crippen LogP contribution is 2.31. The monoisotopic (exact) mass is 450 g/mol. The Morgan fingerprint density at radius 2 is 1.74 bits per heavy atom. The molecule has 2 amide bonds. The fraction of sp³-hybridized carbons (Fsp3) is 0.400. The topological polar surface area (TPSA) is 133 Å². The zero-order valence-corrected chi connectivity index (χ0v) is 18.4. The van der Waals surface area contributed by atoms with E-state index >= 15 is 0 Å². The van der Waals surface area contributed by atoms with Crippen LogP contribution in [0.1, 0.15) is 23.3 Å². The molecule has 3 N–H and O–H groups in total. The van der Waals surface area contributed by atoms with Gasteiger partial charge >= 0.3 is 0 Å². The van der Waals surface area contributed by atoms with Crippen LogP contribution >= 0.6 is 0 Å². The number of piperidine rings is 1. The van der Waals surface area contributed by atoms with Crippen molar-refractivity contribution in [3.8, 4) is 11.5 Å². The molecule has 1 aliphatic heterocycles. The van der Waals surface area contributed by atoms with Crippen LogP contribution in [-0.4, -0.2) is 56.4 Å². The maximum atomic E-state index is 12.9. The Bertz CT molecular complexity index is 1090. The molecule has 2 aromatic rings. The molecule has 11 heteroatoms. The normalized spacial score (nSPS) is 15.5. The molecule has 0 saturated carbocycles. The molecule has 0 aliphatic carbocycles. The average Bonchev–Trinajstić information content (AvgIpc) is 3.16. The fourth-order valence-corrected chi connectivity index (χ4v) is 5.13. The molecule has 1 fully saturated rings. The van der Waals surface area contributed by atoms with E-state index in [-0.39, 0.29) is 35.5 Å². The van der Waals surface area contributed by atoms with E-state index in [9.17, 15) is 18.0 Å². The van der Waals surface area contributed by atoms with Gasteiger partial charge in [0.05, 0.1) is 14.2 Å². The Morgan fingerprint density at radius 3 is 2.29 bits per heavy atom. The minimum absolute atomic E-state index is 0.0111. The van der Waals surface area contributed by atoms with Crippen molar-refractivity contribution in [1.82, 2.24) is 8.87 Å². The second-order valence-corrected chi connectivity index (χ2v) is 9.21. The molecule has 31 heavy (non-hydrogen) atoms. The number of sulfonamides is 1. The van der Waals surface area contributed by atoms with E-state index in [1.54, 1.807) is 25.2 Å². The van der Waals surface area contributed by atoms with Crippen LogP contribution in [0.25, 0.3) is 0 Å². The van der Waals surface area contributed by atoms with Crippen LogP contribution in [0.2, 0.25) is 0 Å². The van der Waals surface area contributed by atoms with Crippen molar-refractivity contribution in [1.29, 1.82) is 0 Å². The van der Waals surface area contributed by atoms with E-state index in [0.717, 1.165) is 0 Å². The standard InChI is InChI=1S/C20H26N4O6S/c1-23-12-15(11-16(23)19(21)25)31(27,28)24-8-6-13(7-9-24)20(26)22-14-4-5-17(29-2)18(10-14)30-3/h4-5,10-13H,6-9H2,1-3H3,(H2,21,25)(H,22,26). The molecule has 0 unspecified atom stereocenters. The van der Waals surface area contributed by atoms with Crippen LogP contribution in [0.15, 0.2) is 35.4 Å². The largest absolute Gasteiger partial charge is 0.493 e. The number of aryl methyl sites for hydroxylation is 1. The number of hydrogen-bond donors (Lipinski definition) is 2. The van der Waals surface area contributed by atoms with Crippen molar-refractivity contribution in [3.63, 3.8) is 0 Å². The van der Waals surface area contributed by atoms with Crippen LogP contribution in [-0.2, 0) is 21.9 Å². The van der Waals surface area contributed by atoms with Crippen molar-refractivity contribution in [2.45, 2.75) is 17.7 Å². The number of hydrogen-bond acceptors (Lipinski definition) is 6. The molecule has 1 aromatic heterocycles. The molecule has 2 heterocycles. The molecule has 0 radical (unpaired) electrons. The van der Waals surface area contributed by atoms with Crippen molar-refractivity contribution in [3.05, 3.63) is 36.2 Å². The summed E-state index contributed by atoms with van der Waals surface area (Å²) >= 11 is 0. The first-order chi connectivity index (χ1) is 14.7. The first-order valence-electron chi connectivity index (χ1n) is 9.66. The van der Waals surface area contributed by atoms with E-state index in [0.29, 0.717) is 30.0 Å². The summed E-state index contributed by atoms with van der Waals surface area (Å²) in [6.45, 7) is 0.403. The maximum Gasteiger partial charge on any atom is 0.265 e. The highest BCUT2D eigenvalue weighted by Gasteiger charge is 2.33. The highest BCUT2D eigenvalue weighted by atomic mass is 32.2. The molecule has 0 atom stereocenters. The van der Waals surface area contributed by atoms with Gasteiger partial charge in [0.1, 0.15) is 10.6 Å². The molecule has 1 saturated heterocycles. The molecule has 1 aromatic carbocycles. The molecule has 0 spiro atoms. The number of nitrogens with two attached hydrogens (primary N) is 1. The number of methoxy groups -OCH3 is 2. The second kappa shape index (κ2) is 8.98. The summed E-state index contributed by atoms with van der Waals surface area (Å²) < 4.78 is 39.0. The number of aromatic nitrogens is 1. The van der Waals surface area contributed by atoms with Gasteiger partial charge in [-0.3, -0.25) is 9.59 Å². The van der Waals surface area contributed by atoms with Crippen molar-refractivity contribution >= 4 is 27.5 Å². The third-order valence-corrected chi connectivity index (χ3v) is 7.21. The number of amides is 2. The lowest BCUT2D eigenvalue weighted by Crippen LogP contribution is -2.41. The van der Waals surface area contributed by atoms with Gasteiger partial charge in [-0.15, -0.1) is 0 Å².